The third-order valence-corrected chi connectivity index (χ3v) is 4.21. The van der Waals surface area contributed by atoms with Crippen molar-refractivity contribution in [2.45, 2.75) is 13.0 Å². The molecule has 0 fully saturated rings. The van der Waals surface area contributed by atoms with Gasteiger partial charge >= 0.3 is 0 Å². The molecule has 2 aromatic carbocycles. The van der Waals surface area contributed by atoms with Gasteiger partial charge in [0.05, 0.1) is 5.52 Å². The van der Waals surface area contributed by atoms with Gasteiger partial charge in [0, 0.05) is 30.2 Å². The largest absolute Gasteiger partial charge is 0.352 e. The molecular weight excluding hydrogens is 338 g/mol. The summed E-state index contributed by atoms with van der Waals surface area (Å²) in [6.07, 6.45) is 3.79. The van der Waals surface area contributed by atoms with E-state index in [4.69, 9.17) is 0 Å². The molecule has 0 saturated heterocycles. The van der Waals surface area contributed by atoms with Crippen LogP contribution in [0.15, 0.2) is 73.4 Å². The van der Waals surface area contributed by atoms with Crippen molar-refractivity contribution in [3.63, 3.8) is 0 Å². The third kappa shape index (κ3) is 5.01. The van der Waals surface area contributed by atoms with Gasteiger partial charge in [-0.25, -0.2) is 0 Å². The molecule has 0 aliphatic heterocycles. The normalized spacial score (nSPS) is 10.4. The van der Waals surface area contributed by atoms with Crippen molar-refractivity contribution in [2.24, 2.45) is 0 Å². The fourth-order valence-corrected chi connectivity index (χ4v) is 2.71. The summed E-state index contributed by atoms with van der Waals surface area (Å²) in [5.74, 6) is -0.342. The first-order chi connectivity index (χ1) is 13.2. The predicted octanol–water partition coefficient (Wildman–Crippen LogP) is 3.01. The van der Waals surface area contributed by atoms with Gasteiger partial charge in [-0.3, -0.25) is 14.6 Å². The van der Waals surface area contributed by atoms with Crippen LogP contribution in [0.25, 0.3) is 10.9 Å². The van der Waals surface area contributed by atoms with Crippen molar-refractivity contribution in [2.75, 3.05) is 6.54 Å². The molecule has 2 N–H and O–H groups in total. The number of amides is 2. The molecule has 0 spiro atoms. The molecular formula is C22H21N3O2. The summed E-state index contributed by atoms with van der Waals surface area (Å²) in [6, 6.07) is 17.2. The lowest BCUT2D eigenvalue weighted by atomic mass is 10.1. The Hall–Kier alpha value is -3.47. The number of rotatable bonds is 7. The van der Waals surface area contributed by atoms with Gasteiger partial charge in [0.15, 0.2) is 0 Å². The first-order valence-corrected chi connectivity index (χ1v) is 8.77. The van der Waals surface area contributed by atoms with E-state index in [0.29, 0.717) is 18.7 Å². The van der Waals surface area contributed by atoms with Crippen molar-refractivity contribution < 1.29 is 9.59 Å². The van der Waals surface area contributed by atoms with Crippen LogP contribution in [0.2, 0.25) is 0 Å². The number of benzene rings is 2. The van der Waals surface area contributed by atoms with Crippen LogP contribution in [0.1, 0.15) is 21.5 Å². The van der Waals surface area contributed by atoms with Crippen molar-refractivity contribution in [3.05, 3.63) is 90.1 Å². The number of nitrogens with zero attached hydrogens (tertiary/aromatic N) is 1. The van der Waals surface area contributed by atoms with Crippen LogP contribution >= 0.6 is 0 Å². The van der Waals surface area contributed by atoms with Crippen molar-refractivity contribution >= 4 is 22.7 Å². The highest BCUT2D eigenvalue weighted by atomic mass is 16.2. The minimum atomic E-state index is -0.222. The Kier molecular flexibility index (Phi) is 5.94. The second kappa shape index (κ2) is 8.76. The molecule has 0 saturated carbocycles. The minimum absolute atomic E-state index is 0.120. The molecule has 1 aromatic heterocycles. The number of carbonyl (C=O) groups is 2. The van der Waals surface area contributed by atoms with E-state index in [1.807, 2.05) is 42.6 Å². The molecule has 0 radical (unpaired) electrons. The van der Waals surface area contributed by atoms with Gasteiger partial charge in [-0.15, -0.1) is 0 Å². The van der Waals surface area contributed by atoms with E-state index in [0.717, 1.165) is 28.5 Å². The zero-order valence-electron chi connectivity index (χ0n) is 14.9. The molecule has 0 aliphatic carbocycles. The second-order valence-electron chi connectivity index (χ2n) is 6.16. The highest BCUT2D eigenvalue weighted by molar-refractivity contribution is 5.94. The Balaban J connectivity index is 1.51. The fraction of sp³-hybridized carbons (Fsp3) is 0.136. The maximum atomic E-state index is 12.3. The quantitative estimate of drug-likeness (QED) is 0.637. The smallest absolute Gasteiger partial charge is 0.251 e. The highest BCUT2D eigenvalue weighted by Gasteiger charge is 2.06. The Morgan fingerprint density at radius 1 is 1.00 bits per heavy atom. The van der Waals surface area contributed by atoms with Gasteiger partial charge in [-0.1, -0.05) is 36.9 Å². The molecule has 136 valence electrons. The monoisotopic (exact) mass is 359 g/mol. The summed E-state index contributed by atoms with van der Waals surface area (Å²) in [4.78, 5) is 27.9. The number of hydrogen-bond acceptors (Lipinski definition) is 3. The number of carbonyl (C=O) groups excluding carboxylic acids is 2. The summed E-state index contributed by atoms with van der Waals surface area (Å²) < 4.78 is 0. The SMILES string of the molecule is C=CC(=O)NCc1ccc(C(=O)NCCc2cnc3ccccc3c2)cc1. The minimum Gasteiger partial charge on any atom is -0.352 e. The van der Waals surface area contributed by atoms with E-state index in [-0.39, 0.29) is 11.8 Å². The van der Waals surface area contributed by atoms with Gasteiger partial charge in [-0.05, 0) is 47.9 Å². The van der Waals surface area contributed by atoms with Crippen LogP contribution in [0, 0.1) is 0 Å². The zero-order chi connectivity index (χ0) is 19.1. The lowest BCUT2D eigenvalue weighted by Crippen LogP contribution is -2.25. The second-order valence-corrected chi connectivity index (χ2v) is 6.16. The molecule has 5 heteroatoms. The summed E-state index contributed by atoms with van der Waals surface area (Å²) in [7, 11) is 0. The first kappa shape index (κ1) is 18.3. The number of fused-ring (bicyclic) bond motifs is 1. The predicted molar refractivity (Wildman–Crippen MR) is 106 cm³/mol. The third-order valence-electron chi connectivity index (χ3n) is 4.21. The van der Waals surface area contributed by atoms with Gasteiger partial charge in [-0.2, -0.15) is 0 Å². The van der Waals surface area contributed by atoms with Crippen LogP contribution in [-0.4, -0.2) is 23.3 Å². The molecule has 0 aliphatic rings. The highest BCUT2D eigenvalue weighted by Crippen LogP contribution is 2.13. The maximum Gasteiger partial charge on any atom is 0.251 e. The Bertz CT molecular complexity index is 965. The first-order valence-electron chi connectivity index (χ1n) is 8.77. The van der Waals surface area contributed by atoms with Crippen LogP contribution in [0.5, 0.6) is 0 Å². The molecule has 27 heavy (non-hydrogen) atoms. The average Bonchev–Trinajstić information content (AvgIpc) is 2.72. The van der Waals surface area contributed by atoms with E-state index in [1.54, 1.807) is 12.1 Å². The Labute approximate surface area is 158 Å². The standard InChI is InChI=1S/C22H21N3O2/c1-2-21(26)25-14-16-7-9-18(10-8-16)22(27)23-12-11-17-13-19-5-3-4-6-20(19)24-15-17/h2-10,13,15H,1,11-12,14H2,(H,23,27)(H,25,26). The number of para-hydroxylation sites is 1. The molecule has 3 aromatic rings. The summed E-state index contributed by atoms with van der Waals surface area (Å²) in [5.41, 5.74) is 3.56. The lowest BCUT2D eigenvalue weighted by Gasteiger charge is -2.07. The lowest BCUT2D eigenvalue weighted by molar-refractivity contribution is -0.116. The number of aromatic nitrogens is 1. The van der Waals surface area contributed by atoms with E-state index in [1.165, 1.54) is 6.08 Å². The number of hydrogen-bond donors (Lipinski definition) is 2. The van der Waals surface area contributed by atoms with Crippen LogP contribution in [0.3, 0.4) is 0 Å². The van der Waals surface area contributed by atoms with Crippen LogP contribution in [0.4, 0.5) is 0 Å². The Morgan fingerprint density at radius 3 is 2.56 bits per heavy atom. The molecule has 1 heterocycles. The van der Waals surface area contributed by atoms with Gasteiger partial charge in [0.1, 0.15) is 0 Å². The number of nitrogens with one attached hydrogen (secondary N) is 2. The molecule has 0 atom stereocenters. The van der Waals surface area contributed by atoms with E-state index >= 15 is 0 Å². The number of pyridine rings is 1. The summed E-state index contributed by atoms with van der Waals surface area (Å²) >= 11 is 0. The van der Waals surface area contributed by atoms with Crippen molar-refractivity contribution in [1.82, 2.24) is 15.6 Å². The van der Waals surface area contributed by atoms with E-state index < -0.39 is 0 Å². The van der Waals surface area contributed by atoms with Gasteiger partial charge in [0.25, 0.3) is 5.91 Å². The topological polar surface area (TPSA) is 71.1 Å². The molecule has 2 amide bonds. The summed E-state index contributed by atoms with van der Waals surface area (Å²) in [5, 5.41) is 6.72. The van der Waals surface area contributed by atoms with Crippen molar-refractivity contribution in [3.8, 4) is 0 Å². The molecule has 3 rings (SSSR count). The van der Waals surface area contributed by atoms with Crippen LogP contribution < -0.4 is 10.6 Å². The van der Waals surface area contributed by atoms with Gasteiger partial charge < -0.3 is 10.6 Å². The maximum absolute atomic E-state index is 12.3. The molecule has 0 bridgehead atoms. The van der Waals surface area contributed by atoms with E-state index in [2.05, 4.69) is 28.3 Å². The van der Waals surface area contributed by atoms with Gasteiger partial charge in [0.2, 0.25) is 5.91 Å². The summed E-state index contributed by atoms with van der Waals surface area (Å²) in [6.45, 7) is 4.35. The van der Waals surface area contributed by atoms with Crippen LogP contribution in [-0.2, 0) is 17.8 Å². The fourth-order valence-electron chi connectivity index (χ4n) is 2.71. The Morgan fingerprint density at radius 2 is 1.78 bits per heavy atom. The molecule has 0 unspecified atom stereocenters. The van der Waals surface area contributed by atoms with Crippen molar-refractivity contribution in [1.29, 1.82) is 0 Å². The van der Waals surface area contributed by atoms with E-state index in [9.17, 15) is 9.59 Å². The average molecular weight is 359 g/mol. The molecule has 5 nitrogen and oxygen atoms in total. The zero-order valence-corrected chi connectivity index (χ0v) is 14.9.